The van der Waals surface area contributed by atoms with Gasteiger partial charge >= 0.3 is 5.97 Å². The van der Waals surface area contributed by atoms with Crippen molar-refractivity contribution in [2.24, 2.45) is 0 Å². The zero-order valence-corrected chi connectivity index (χ0v) is 10.6. The summed E-state index contributed by atoms with van der Waals surface area (Å²) in [6.45, 7) is 1.99. The Kier molecular flexibility index (Phi) is 4.73. The molecule has 0 amide bonds. The van der Waals surface area contributed by atoms with Crippen molar-refractivity contribution in [3.05, 3.63) is 28.0 Å². The Bertz CT molecular complexity index is 393. The number of carbonyl (C=O) groups excluding carboxylic acids is 1. The molecule has 0 atom stereocenters. The predicted octanol–water partition coefficient (Wildman–Crippen LogP) is 2.70. The molecule has 0 saturated carbocycles. The van der Waals surface area contributed by atoms with Gasteiger partial charge in [0.2, 0.25) is 0 Å². The fourth-order valence-electron chi connectivity index (χ4n) is 1.26. The average Bonchev–Trinajstić information content (AvgIpc) is 2.23. The molecule has 88 valence electrons. The first-order valence-corrected chi connectivity index (χ1v) is 5.56. The number of hydrogen-bond donors (Lipinski definition) is 0. The van der Waals surface area contributed by atoms with Crippen LogP contribution in [0.25, 0.3) is 0 Å². The largest absolute Gasteiger partial charge is 0.492 e. The number of methoxy groups -OCH3 is 1. The van der Waals surface area contributed by atoms with E-state index in [2.05, 4.69) is 15.9 Å². The van der Waals surface area contributed by atoms with Crippen LogP contribution in [-0.2, 0) is 16.0 Å². The smallest absolute Gasteiger partial charge is 0.310 e. The molecule has 3 nitrogen and oxygen atoms in total. The van der Waals surface area contributed by atoms with Crippen molar-refractivity contribution in [3.8, 4) is 5.75 Å². The molecule has 0 aliphatic carbocycles. The molecule has 1 aromatic rings. The summed E-state index contributed by atoms with van der Waals surface area (Å²) in [5.41, 5.74) is 0.263. The molecular formula is C11H12BrFO3. The van der Waals surface area contributed by atoms with Crippen molar-refractivity contribution >= 4 is 21.9 Å². The van der Waals surface area contributed by atoms with E-state index in [9.17, 15) is 9.18 Å². The first-order valence-electron chi connectivity index (χ1n) is 4.76. The number of hydrogen-bond acceptors (Lipinski definition) is 3. The van der Waals surface area contributed by atoms with Crippen LogP contribution in [0.4, 0.5) is 4.39 Å². The maximum absolute atomic E-state index is 13.8. The lowest BCUT2D eigenvalue weighted by atomic mass is 10.1. The second-order valence-corrected chi connectivity index (χ2v) is 3.89. The van der Waals surface area contributed by atoms with Gasteiger partial charge in [0, 0.05) is 5.56 Å². The van der Waals surface area contributed by atoms with Gasteiger partial charge in [-0.1, -0.05) is 6.07 Å². The zero-order valence-electron chi connectivity index (χ0n) is 9.05. The number of carbonyl (C=O) groups is 1. The van der Waals surface area contributed by atoms with E-state index in [4.69, 9.17) is 9.47 Å². The van der Waals surface area contributed by atoms with E-state index in [1.165, 1.54) is 13.2 Å². The third-order valence-corrected chi connectivity index (χ3v) is 2.60. The van der Waals surface area contributed by atoms with Gasteiger partial charge in [0.15, 0.2) is 11.6 Å². The van der Waals surface area contributed by atoms with Crippen molar-refractivity contribution in [2.45, 2.75) is 13.3 Å². The maximum Gasteiger partial charge on any atom is 0.310 e. The van der Waals surface area contributed by atoms with Gasteiger partial charge in [-0.2, -0.15) is 0 Å². The summed E-state index contributed by atoms with van der Waals surface area (Å²) < 4.78 is 23.9. The molecule has 0 fully saturated rings. The highest BCUT2D eigenvalue weighted by molar-refractivity contribution is 9.10. The fraction of sp³-hybridized carbons (Fsp3) is 0.364. The SMILES string of the molecule is CCOC(=O)Cc1ccc(Br)c(OC)c1F. The Balaban J connectivity index is 2.93. The van der Waals surface area contributed by atoms with Crippen LogP contribution in [0.15, 0.2) is 16.6 Å². The number of rotatable bonds is 4. The first-order chi connectivity index (χ1) is 7.60. The van der Waals surface area contributed by atoms with Crippen LogP contribution in [0.5, 0.6) is 5.75 Å². The van der Waals surface area contributed by atoms with Gasteiger partial charge in [0.1, 0.15) is 0 Å². The van der Waals surface area contributed by atoms with E-state index < -0.39 is 11.8 Å². The summed E-state index contributed by atoms with van der Waals surface area (Å²) >= 11 is 3.16. The first kappa shape index (κ1) is 13.0. The van der Waals surface area contributed by atoms with Gasteiger partial charge in [-0.25, -0.2) is 4.39 Å². The number of benzene rings is 1. The van der Waals surface area contributed by atoms with Gasteiger partial charge < -0.3 is 9.47 Å². The average molecular weight is 291 g/mol. The van der Waals surface area contributed by atoms with E-state index in [0.29, 0.717) is 4.47 Å². The van der Waals surface area contributed by atoms with Gasteiger partial charge in [0.25, 0.3) is 0 Å². The molecule has 0 spiro atoms. The molecule has 0 saturated heterocycles. The highest BCUT2D eigenvalue weighted by atomic mass is 79.9. The van der Waals surface area contributed by atoms with Crippen LogP contribution in [0, 0.1) is 5.82 Å². The zero-order chi connectivity index (χ0) is 12.1. The monoisotopic (exact) mass is 290 g/mol. The van der Waals surface area contributed by atoms with Crippen molar-refractivity contribution in [3.63, 3.8) is 0 Å². The Morgan fingerprint density at radius 3 is 2.75 bits per heavy atom. The predicted molar refractivity (Wildman–Crippen MR) is 61.0 cm³/mol. The van der Waals surface area contributed by atoms with E-state index in [-0.39, 0.29) is 24.3 Å². The van der Waals surface area contributed by atoms with Crippen LogP contribution >= 0.6 is 15.9 Å². The molecule has 0 N–H and O–H groups in total. The summed E-state index contributed by atoms with van der Waals surface area (Å²) in [7, 11) is 1.37. The molecule has 0 aliphatic rings. The third-order valence-electron chi connectivity index (χ3n) is 1.97. The molecular weight excluding hydrogens is 279 g/mol. The minimum Gasteiger partial charge on any atom is -0.492 e. The molecule has 1 aromatic carbocycles. The molecule has 0 radical (unpaired) electrons. The van der Waals surface area contributed by atoms with Crippen LogP contribution in [0.3, 0.4) is 0 Å². The molecule has 0 heterocycles. The van der Waals surface area contributed by atoms with E-state index in [1.54, 1.807) is 13.0 Å². The molecule has 16 heavy (non-hydrogen) atoms. The summed E-state index contributed by atoms with van der Waals surface area (Å²) in [5.74, 6) is -0.891. The number of halogens is 2. The van der Waals surface area contributed by atoms with Gasteiger partial charge in [-0.15, -0.1) is 0 Å². The number of esters is 1. The van der Waals surface area contributed by atoms with Gasteiger partial charge in [-0.3, -0.25) is 4.79 Å². The number of ether oxygens (including phenoxy) is 2. The molecule has 1 rings (SSSR count). The highest BCUT2D eigenvalue weighted by Crippen LogP contribution is 2.30. The van der Waals surface area contributed by atoms with Crippen LogP contribution < -0.4 is 4.74 Å². The highest BCUT2D eigenvalue weighted by Gasteiger charge is 2.15. The standard InChI is InChI=1S/C11H12BrFO3/c1-3-16-9(14)6-7-4-5-8(12)11(15-2)10(7)13/h4-5H,3,6H2,1-2H3. The minimum atomic E-state index is -0.537. The quantitative estimate of drug-likeness (QED) is 0.800. The van der Waals surface area contributed by atoms with Gasteiger partial charge in [0.05, 0.1) is 24.6 Å². The molecule has 0 bridgehead atoms. The normalized spacial score (nSPS) is 10.0. The fourth-order valence-corrected chi connectivity index (χ4v) is 1.73. The van der Waals surface area contributed by atoms with Gasteiger partial charge in [-0.05, 0) is 28.9 Å². The van der Waals surface area contributed by atoms with Crippen LogP contribution in [-0.4, -0.2) is 19.7 Å². The van der Waals surface area contributed by atoms with E-state index >= 15 is 0 Å². The van der Waals surface area contributed by atoms with Crippen LogP contribution in [0.1, 0.15) is 12.5 Å². The molecule has 0 unspecified atom stereocenters. The summed E-state index contributed by atoms with van der Waals surface area (Å²) in [4.78, 5) is 11.2. The van der Waals surface area contributed by atoms with Crippen molar-refractivity contribution in [2.75, 3.05) is 13.7 Å². The minimum absolute atomic E-state index is 0.0939. The van der Waals surface area contributed by atoms with Crippen molar-refractivity contribution < 1.29 is 18.7 Å². The summed E-state index contributed by atoms with van der Waals surface area (Å²) in [5, 5.41) is 0. The van der Waals surface area contributed by atoms with Crippen LogP contribution in [0.2, 0.25) is 0 Å². The molecule has 5 heteroatoms. The maximum atomic E-state index is 13.8. The van der Waals surface area contributed by atoms with Crippen molar-refractivity contribution in [1.82, 2.24) is 0 Å². The lowest BCUT2D eigenvalue weighted by Crippen LogP contribution is -2.09. The second-order valence-electron chi connectivity index (χ2n) is 3.04. The Morgan fingerprint density at radius 2 is 2.19 bits per heavy atom. The van der Waals surface area contributed by atoms with E-state index in [1.807, 2.05) is 0 Å². The topological polar surface area (TPSA) is 35.5 Å². The lowest BCUT2D eigenvalue weighted by Gasteiger charge is -2.08. The van der Waals surface area contributed by atoms with E-state index in [0.717, 1.165) is 0 Å². The Morgan fingerprint density at radius 1 is 1.50 bits per heavy atom. The Hall–Kier alpha value is -1.10. The summed E-state index contributed by atoms with van der Waals surface area (Å²) in [6, 6.07) is 3.16. The lowest BCUT2D eigenvalue weighted by molar-refractivity contribution is -0.142. The molecule has 0 aliphatic heterocycles. The Labute approximate surface area is 102 Å². The molecule has 0 aromatic heterocycles. The second kappa shape index (κ2) is 5.84. The van der Waals surface area contributed by atoms with Crippen molar-refractivity contribution in [1.29, 1.82) is 0 Å². The third kappa shape index (κ3) is 2.95. The summed E-state index contributed by atoms with van der Waals surface area (Å²) in [6.07, 6.45) is -0.0939.